The van der Waals surface area contributed by atoms with Gasteiger partial charge in [-0.3, -0.25) is 4.98 Å². The lowest BCUT2D eigenvalue weighted by molar-refractivity contribution is 0.820. The molecule has 0 amide bonds. The van der Waals surface area contributed by atoms with Crippen molar-refractivity contribution >= 4 is 10.8 Å². The number of nitrogens with zero attached hydrogens (tertiary/aromatic N) is 1. The van der Waals surface area contributed by atoms with Gasteiger partial charge < -0.3 is 5.73 Å². The number of hydrogen-bond donors (Lipinski definition) is 1. The molecule has 3 aromatic rings. The van der Waals surface area contributed by atoms with E-state index in [2.05, 4.69) is 47.4 Å². The van der Waals surface area contributed by atoms with Crippen LogP contribution in [0.25, 0.3) is 21.9 Å². The lowest BCUT2D eigenvalue weighted by Crippen LogP contribution is -2.06. The maximum Gasteiger partial charge on any atom is 0.0346 e. The highest BCUT2D eigenvalue weighted by Crippen LogP contribution is 2.32. The number of nitrogens with two attached hydrogens (primary N) is 1. The van der Waals surface area contributed by atoms with Crippen LogP contribution in [0.1, 0.15) is 18.5 Å². The third-order valence-electron chi connectivity index (χ3n) is 3.42. The van der Waals surface area contributed by atoms with Crippen LogP contribution in [0.3, 0.4) is 0 Å². The molecular weight excluding hydrogens is 232 g/mol. The Hall–Kier alpha value is -2.19. The van der Waals surface area contributed by atoms with Gasteiger partial charge in [0.1, 0.15) is 0 Å². The second-order valence-corrected chi connectivity index (χ2v) is 4.78. The molecule has 3 rings (SSSR count). The zero-order valence-electron chi connectivity index (χ0n) is 10.9. The van der Waals surface area contributed by atoms with Crippen molar-refractivity contribution in [3.05, 3.63) is 66.5 Å². The minimum Gasteiger partial charge on any atom is -0.324 e. The van der Waals surface area contributed by atoms with Crippen LogP contribution in [0.2, 0.25) is 0 Å². The minimum absolute atomic E-state index is 0.0216. The molecule has 94 valence electrons. The lowest BCUT2D eigenvalue weighted by atomic mass is 9.93. The fraction of sp³-hybridized carbons (Fsp3) is 0.118. The van der Waals surface area contributed by atoms with E-state index in [9.17, 15) is 0 Å². The largest absolute Gasteiger partial charge is 0.324 e. The van der Waals surface area contributed by atoms with Crippen LogP contribution in [0.5, 0.6) is 0 Å². The van der Waals surface area contributed by atoms with E-state index < -0.39 is 0 Å². The molecule has 0 aliphatic heterocycles. The maximum absolute atomic E-state index is 6.08. The topological polar surface area (TPSA) is 38.9 Å². The van der Waals surface area contributed by atoms with Crippen molar-refractivity contribution in [3.8, 4) is 11.1 Å². The Morgan fingerprint density at radius 2 is 1.74 bits per heavy atom. The number of rotatable bonds is 2. The Balaban J connectivity index is 2.31. The van der Waals surface area contributed by atoms with Gasteiger partial charge in [-0.2, -0.15) is 0 Å². The second-order valence-electron chi connectivity index (χ2n) is 4.78. The van der Waals surface area contributed by atoms with Gasteiger partial charge in [0.05, 0.1) is 0 Å². The van der Waals surface area contributed by atoms with E-state index in [0.717, 1.165) is 5.39 Å². The first-order valence-corrected chi connectivity index (χ1v) is 6.45. The predicted molar refractivity (Wildman–Crippen MR) is 79.8 cm³/mol. The molecule has 0 spiro atoms. The number of aromatic nitrogens is 1. The van der Waals surface area contributed by atoms with Crippen molar-refractivity contribution in [2.75, 3.05) is 0 Å². The molecule has 0 radical (unpaired) electrons. The molecule has 0 bridgehead atoms. The van der Waals surface area contributed by atoms with Gasteiger partial charge in [0.15, 0.2) is 0 Å². The zero-order chi connectivity index (χ0) is 13.2. The van der Waals surface area contributed by atoms with Crippen LogP contribution < -0.4 is 5.73 Å². The van der Waals surface area contributed by atoms with Crippen molar-refractivity contribution in [3.63, 3.8) is 0 Å². The quantitative estimate of drug-likeness (QED) is 0.746. The van der Waals surface area contributed by atoms with Crippen LogP contribution >= 0.6 is 0 Å². The molecule has 2 N–H and O–H groups in total. The summed E-state index contributed by atoms with van der Waals surface area (Å²) in [5, 5.41) is 2.37. The number of fused-ring (bicyclic) bond motifs is 1. The maximum atomic E-state index is 6.08. The molecule has 1 atom stereocenters. The summed E-state index contributed by atoms with van der Waals surface area (Å²) in [6.45, 7) is 2.02. The summed E-state index contributed by atoms with van der Waals surface area (Å²) in [5.74, 6) is 0. The van der Waals surface area contributed by atoms with Crippen LogP contribution in [-0.4, -0.2) is 4.98 Å². The van der Waals surface area contributed by atoms with Gasteiger partial charge in [0.25, 0.3) is 0 Å². The van der Waals surface area contributed by atoms with Gasteiger partial charge in [0.2, 0.25) is 0 Å². The van der Waals surface area contributed by atoms with Gasteiger partial charge in [-0.1, -0.05) is 42.5 Å². The van der Waals surface area contributed by atoms with Gasteiger partial charge >= 0.3 is 0 Å². The normalized spacial score (nSPS) is 12.5. The highest BCUT2D eigenvalue weighted by Gasteiger charge is 2.10. The van der Waals surface area contributed by atoms with Crippen LogP contribution in [-0.2, 0) is 0 Å². The van der Waals surface area contributed by atoms with Crippen molar-refractivity contribution in [1.29, 1.82) is 0 Å². The van der Waals surface area contributed by atoms with Crippen LogP contribution in [0.4, 0.5) is 0 Å². The summed E-state index contributed by atoms with van der Waals surface area (Å²) < 4.78 is 0. The molecule has 0 saturated heterocycles. The summed E-state index contributed by atoms with van der Waals surface area (Å²) in [5.41, 5.74) is 9.68. The van der Waals surface area contributed by atoms with Crippen LogP contribution in [0, 0.1) is 0 Å². The Bertz CT molecular complexity index is 712. The number of pyridine rings is 1. The number of hydrogen-bond acceptors (Lipinski definition) is 2. The summed E-state index contributed by atoms with van der Waals surface area (Å²) in [4.78, 5) is 4.18. The second kappa shape index (κ2) is 4.82. The molecular formula is C17H16N2. The molecule has 0 saturated carbocycles. The molecule has 1 heterocycles. The Morgan fingerprint density at radius 1 is 0.947 bits per heavy atom. The average molecular weight is 248 g/mol. The van der Waals surface area contributed by atoms with E-state index in [4.69, 9.17) is 5.73 Å². The third kappa shape index (κ3) is 2.11. The van der Waals surface area contributed by atoms with Gasteiger partial charge in [0, 0.05) is 23.8 Å². The van der Waals surface area contributed by atoms with Crippen LogP contribution in [0.15, 0.2) is 60.9 Å². The molecule has 2 heteroatoms. The van der Waals surface area contributed by atoms with E-state index in [-0.39, 0.29) is 6.04 Å². The first kappa shape index (κ1) is 11.9. The van der Waals surface area contributed by atoms with Gasteiger partial charge in [-0.25, -0.2) is 0 Å². The highest BCUT2D eigenvalue weighted by atomic mass is 14.6. The van der Waals surface area contributed by atoms with E-state index in [0.29, 0.717) is 0 Å². The van der Waals surface area contributed by atoms with Crippen molar-refractivity contribution < 1.29 is 0 Å². The number of benzene rings is 2. The molecule has 0 aliphatic carbocycles. The molecule has 2 aromatic carbocycles. The standard InChI is InChI=1S/C17H16N2/c1-12(18)14-6-2-3-7-16(14)17-8-4-5-13-11-19-10-9-15(13)17/h2-12H,18H2,1H3. The van der Waals surface area contributed by atoms with E-state index in [1.807, 2.05) is 25.4 Å². The Kier molecular flexibility index (Phi) is 3.02. The van der Waals surface area contributed by atoms with E-state index in [1.54, 1.807) is 0 Å². The van der Waals surface area contributed by atoms with E-state index >= 15 is 0 Å². The Morgan fingerprint density at radius 3 is 2.58 bits per heavy atom. The van der Waals surface area contributed by atoms with Crippen molar-refractivity contribution in [2.45, 2.75) is 13.0 Å². The zero-order valence-corrected chi connectivity index (χ0v) is 10.9. The molecule has 0 aliphatic rings. The van der Waals surface area contributed by atoms with Gasteiger partial charge in [-0.15, -0.1) is 0 Å². The average Bonchev–Trinajstić information content (AvgIpc) is 2.46. The molecule has 1 unspecified atom stereocenters. The van der Waals surface area contributed by atoms with E-state index in [1.165, 1.54) is 22.1 Å². The summed E-state index contributed by atoms with van der Waals surface area (Å²) in [6, 6.07) is 16.7. The fourth-order valence-corrected chi connectivity index (χ4v) is 2.50. The molecule has 1 aromatic heterocycles. The third-order valence-corrected chi connectivity index (χ3v) is 3.42. The monoisotopic (exact) mass is 248 g/mol. The summed E-state index contributed by atoms with van der Waals surface area (Å²) in [7, 11) is 0. The first-order valence-electron chi connectivity index (χ1n) is 6.45. The molecule has 19 heavy (non-hydrogen) atoms. The highest BCUT2D eigenvalue weighted by molar-refractivity contribution is 5.96. The van der Waals surface area contributed by atoms with Crippen molar-refractivity contribution in [1.82, 2.24) is 4.98 Å². The SMILES string of the molecule is CC(N)c1ccccc1-c1cccc2cnccc12. The van der Waals surface area contributed by atoms with Crippen molar-refractivity contribution in [2.24, 2.45) is 5.73 Å². The summed E-state index contributed by atoms with van der Waals surface area (Å²) in [6.07, 6.45) is 3.73. The smallest absolute Gasteiger partial charge is 0.0346 e. The lowest BCUT2D eigenvalue weighted by Gasteiger charge is -2.14. The minimum atomic E-state index is 0.0216. The Labute approximate surface area is 112 Å². The predicted octanol–water partition coefficient (Wildman–Crippen LogP) is 3.92. The molecule has 2 nitrogen and oxygen atoms in total. The first-order chi connectivity index (χ1) is 9.27. The van der Waals surface area contributed by atoms with Gasteiger partial charge in [-0.05, 0) is 35.1 Å². The molecule has 0 fully saturated rings. The summed E-state index contributed by atoms with van der Waals surface area (Å²) >= 11 is 0. The fourth-order valence-electron chi connectivity index (χ4n) is 2.50.